The molecule has 1 unspecified atom stereocenters. The highest BCUT2D eigenvalue weighted by Crippen LogP contribution is 2.37. The molecule has 25 heteroatoms. The second kappa shape index (κ2) is 51.1. The molecule has 117 heavy (non-hydrogen) atoms. The van der Waals surface area contributed by atoms with Crippen molar-refractivity contribution >= 4 is 57.8 Å². The lowest BCUT2D eigenvalue weighted by atomic mass is 9.98. The highest BCUT2D eigenvalue weighted by Gasteiger charge is 2.28. The Morgan fingerprint density at radius 3 is 1.48 bits per heavy atom. The van der Waals surface area contributed by atoms with Crippen LogP contribution in [0.2, 0.25) is 0 Å². The number of rotatable bonds is 43. The number of benzene rings is 5. The summed E-state index contributed by atoms with van der Waals surface area (Å²) in [6.45, 7) is 23.2. The van der Waals surface area contributed by atoms with Crippen LogP contribution in [0.3, 0.4) is 0 Å². The molecule has 0 saturated heterocycles. The highest BCUT2D eigenvalue weighted by molar-refractivity contribution is 5.97. The lowest BCUT2D eigenvalue weighted by Crippen LogP contribution is -2.36. The number of amides is 3. The lowest BCUT2D eigenvalue weighted by molar-refractivity contribution is 0.0519. The molecule has 6 N–H and O–H groups in total. The number of para-hydroxylation sites is 1. The number of pyridine rings is 3. The number of hydrogen-bond acceptors (Lipinski definition) is 19. The van der Waals surface area contributed by atoms with Crippen molar-refractivity contribution in [1.29, 1.82) is 10.5 Å². The van der Waals surface area contributed by atoms with Crippen molar-refractivity contribution in [1.82, 2.24) is 29.7 Å². The summed E-state index contributed by atoms with van der Waals surface area (Å²) >= 11 is 0. The summed E-state index contributed by atoms with van der Waals surface area (Å²) in [5, 5.41) is 77.7. The fraction of sp³-hybridized carbons (Fsp3) is 0.446. The van der Waals surface area contributed by atoms with Crippen LogP contribution in [-0.2, 0) is 4.74 Å². The van der Waals surface area contributed by atoms with E-state index in [0.29, 0.717) is 69.6 Å². The van der Waals surface area contributed by atoms with E-state index < -0.39 is 40.3 Å². The van der Waals surface area contributed by atoms with E-state index >= 15 is 0 Å². The van der Waals surface area contributed by atoms with Crippen molar-refractivity contribution in [2.24, 2.45) is 36.6 Å². The summed E-state index contributed by atoms with van der Waals surface area (Å²) in [5.74, 6) is -2.14. The first-order valence-electron chi connectivity index (χ1n) is 41.6. The Kier molecular flexibility index (Phi) is 41.0. The van der Waals surface area contributed by atoms with Crippen molar-refractivity contribution in [2.75, 3.05) is 39.3 Å². The minimum absolute atomic E-state index is 0.0358. The van der Waals surface area contributed by atoms with Gasteiger partial charge in [0, 0.05) is 66.1 Å². The molecule has 0 saturated carbocycles. The number of carbonyl (C=O) groups is 4. The van der Waals surface area contributed by atoms with Gasteiger partial charge in [0.05, 0.1) is 29.4 Å². The Morgan fingerprint density at radius 2 is 0.949 bits per heavy atom. The van der Waals surface area contributed by atoms with Crippen LogP contribution in [0.4, 0.5) is 34.1 Å². The van der Waals surface area contributed by atoms with Crippen molar-refractivity contribution in [3.63, 3.8) is 0 Å². The largest absolute Gasteiger partial charge is 0.494 e. The predicted octanol–water partition coefficient (Wildman–Crippen LogP) is 22.2. The van der Waals surface area contributed by atoms with Gasteiger partial charge in [-0.25, -0.2) is 9.36 Å². The van der Waals surface area contributed by atoms with Crippen LogP contribution in [0.1, 0.15) is 272 Å². The molecule has 1 atom stereocenters. The molecular weight excluding hydrogens is 1480 g/mol. The Hall–Kier alpha value is -12.0. The predicted molar refractivity (Wildman–Crippen MR) is 461 cm³/mol. The number of nitrogens with one attached hydrogen (secondary N) is 3. The third-order valence-electron chi connectivity index (χ3n) is 20.1. The monoisotopic (exact) mass is 1590 g/mol. The molecule has 622 valence electrons. The van der Waals surface area contributed by atoms with Crippen LogP contribution < -0.4 is 22.0 Å². The number of esters is 1. The second-order valence-electron chi connectivity index (χ2n) is 29.1. The van der Waals surface area contributed by atoms with Crippen molar-refractivity contribution in [2.45, 2.75) is 223 Å². The molecule has 0 aliphatic heterocycles. The van der Waals surface area contributed by atoms with Gasteiger partial charge >= 0.3 is 5.97 Å². The van der Waals surface area contributed by atoms with E-state index in [2.05, 4.69) is 87.5 Å². The minimum Gasteiger partial charge on any atom is -0.494 e. The SMILES string of the molecule is CCCCCCCCN(CCCCCC)C(=O)c1cccc(N=Nc2c(-c3ccccc3)c(C#N)c(O)[nH]c2=O)c1.CCCCCCCCNC(=O)c1cccc(N=Nc2c(C)c(C#N)c(O)[nH]c2=O)c1.CCCCCCN(CC(CC)CCCC)C(=O)c1cccc(N=Nc2c(C)c(C(=O)OCC)c(O)n(-c3ccccc3C)c2=O)c1. The number of aromatic nitrogens is 3. The molecule has 0 aliphatic carbocycles. The molecular formula is C92H118N14O11. The number of aromatic hydroxyl groups is 3. The van der Waals surface area contributed by atoms with Crippen molar-refractivity contribution < 1.29 is 39.2 Å². The Balaban J connectivity index is 0.000000279. The van der Waals surface area contributed by atoms with Crippen molar-refractivity contribution in [3.8, 4) is 46.6 Å². The summed E-state index contributed by atoms with van der Waals surface area (Å²) in [6.07, 6.45) is 27.0. The first kappa shape index (κ1) is 93.9. The molecule has 0 radical (unpaired) electrons. The summed E-state index contributed by atoms with van der Waals surface area (Å²) < 4.78 is 6.26. The zero-order chi connectivity index (χ0) is 85.0. The van der Waals surface area contributed by atoms with E-state index in [9.17, 15) is 54.1 Å². The third-order valence-corrected chi connectivity index (χ3v) is 20.1. The number of unbranched alkanes of at least 4 members (excludes halogenated alkanes) is 17. The average Bonchev–Trinajstić information content (AvgIpc) is 0.760. The molecule has 3 aromatic heterocycles. The van der Waals surface area contributed by atoms with E-state index in [1.165, 1.54) is 65.2 Å². The summed E-state index contributed by atoms with van der Waals surface area (Å²) in [5.41, 5.74) is 2.37. The number of azo groups is 3. The number of ether oxygens (including phenoxy) is 1. The maximum atomic E-state index is 13.8. The molecule has 0 bridgehead atoms. The van der Waals surface area contributed by atoms with Gasteiger partial charge in [-0.3, -0.25) is 38.7 Å². The molecule has 0 spiro atoms. The number of H-pyrrole nitrogens is 2. The van der Waals surface area contributed by atoms with Crippen LogP contribution in [0.25, 0.3) is 16.8 Å². The number of aryl methyl sites for hydroxylation is 1. The molecule has 0 aliphatic rings. The number of aromatic amines is 2. The van der Waals surface area contributed by atoms with Gasteiger partial charge in [-0.1, -0.05) is 230 Å². The molecule has 25 nitrogen and oxygen atoms in total. The van der Waals surface area contributed by atoms with E-state index in [0.717, 1.165) is 127 Å². The lowest BCUT2D eigenvalue weighted by Gasteiger charge is -2.27. The van der Waals surface area contributed by atoms with Crippen LogP contribution in [0.15, 0.2) is 172 Å². The van der Waals surface area contributed by atoms with Crippen LogP contribution >= 0.6 is 0 Å². The summed E-state index contributed by atoms with van der Waals surface area (Å²) in [6, 6.07) is 40.0. The van der Waals surface area contributed by atoms with Crippen molar-refractivity contribution in [3.05, 3.63) is 209 Å². The molecule has 8 rings (SSSR count). The van der Waals surface area contributed by atoms with Gasteiger partial charge in [-0.2, -0.15) is 25.9 Å². The molecule has 3 heterocycles. The maximum Gasteiger partial charge on any atom is 0.343 e. The zero-order valence-corrected chi connectivity index (χ0v) is 69.9. The van der Waals surface area contributed by atoms with Gasteiger partial charge in [-0.05, 0) is 138 Å². The average molecular weight is 1600 g/mol. The smallest absolute Gasteiger partial charge is 0.343 e. The number of nitrogens with zero attached hydrogens (tertiary/aromatic N) is 11. The van der Waals surface area contributed by atoms with Crippen LogP contribution in [-0.4, -0.2) is 103 Å². The van der Waals surface area contributed by atoms with Crippen LogP contribution in [0, 0.1) is 49.4 Å². The first-order valence-corrected chi connectivity index (χ1v) is 41.6. The van der Waals surface area contributed by atoms with Gasteiger partial charge < -0.3 is 35.2 Å². The van der Waals surface area contributed by atoms with Gasteiger partial charge in [0.1, 0.15) is 28.8 Å². The Morgan fingerprint density at radius 1 is 0.496 bits per heavy atom. The molecule has 8 aromatic rings. The fourth-order valence-electron chi connectivity index (χ4n) is 13.4. The molecule has 0 fully saturated rings. The van der Waals surface area contributed by atoms with E-state index in [4.69, 9.17) is 10.00 Å². The summed E-state index contributed by atoms with van der Waals surface area (Å²) in [7, 11) is 0. The van der Waals surface area contributed by atoms with Gasteiger partial charge in [0.25, 0.3) is 34.4 Å². The summed E-state index contributed by atoms with van der Waals surface area (Å²) in [4.78, 5) is 99.6. The number of nitriles is 2. The highest BCUT2D eigenvalue weighted by atomic mass is 16.5. The number of hydrogen-bond donors (Lipinski definition) is 6. The number of carbonyl (C=O) groups excluding carboxylic acids is 4. The third kappa shape index (κ3) is 28.8. The second-order valence-corrected chi connectivity index (χ2v) is 29.1. The van der Waals surface area contributed by atoms with Crippen LogP contribution in [0.5, 0.6) is 17.6 Å². The van der Waals surface area contributed by atoms with Gasteiger partial charge in [-0.15, -0.1) is 15.3 Å². The first-order chi connectivity index (χ1) is 56.6. The molecule has 3 amide bonds. The Labute approximate surface area is 688 Å². The van der Waals surface area contributed by atoms with E-state index in [1.54, 1.807) is 129 Å². The molecule has 5 aromatic carbocycles. The van der Waals surface area contributed by atoms with E-state index in [1.807, 2.05) is 34.1 Å². The Bertz CT molecular complexity index is 4920. The fourth-order valence-corrected chi connectivity index (χ4v) is 13.4. The standard InChI is InChI=1S/C37H50N4O5.C33H41N5O3.C22H27N5O3/c1-7-11-13-16-23-40(25-28(9-3)19-12-8-2)34(42)29-20-17-21-30(24-29)38-39-33-27(6)32(37(45)46-10-4)35(43)41(36(33)44)31-22-15-14-18-26(31)5;1-3-5-7-9-10-15-22-38(21-14-8-6-4-2)33(41)26-19-16-20-27(23-26)36-37-30-29(25-17-12-11-13-18-25)28(24-34)31(39)35-32(30)40;1-3-4-5-6-7-8-12-24-20(28)16-10-9-11-17(13-16)26-27-19-15(2)18(14-23)21(29)25-22(19)30/h14-15,17-18,20-22,24,28,43H,7-13,16,19,23,25H2,1-6H3;11-13,16-20,23H,3-10,14-15,21-22H2,1-2H3,(H2,35,39,40);9-11,13H,3-8,12H2,1-2H3,(H,24,28)(H2,25,29,30). The zero-order valence-electron chi connectivity index (χ0n) is 69.9. The quantitative estimate of drug-likeness (QED) is 0.0118. The van der Waals surface area contributed by atoms with Gasteiger partial charge in [0.2, 0.25) is 17.6 Å². The van der Waals surface area contributed by atoms with E-state index in [-0.39, 0.29) is 74.8 Å². The normalized spacial score (nSPS) is 11.4. The minimum atomic E-state index is -0.771. The van der Waals surface area contributed by atoms with Gasteiger partial charge in [0.15, 0.2) is 17.1 Å². The maximum absolute atomic E-state index is 13.8. The topological polar surface area (TPSA) is 366 Å².